The van der Waals surface area contributed by atoms with Gasteiger partial charge in [-0.2, -0.15) is 0 Å². The highest BCUT2D eigenvalue weighted by molar-refractivity contribution is 7.14. The van der Waals surface area contributed by atoms with Gasteiger partial charge in [-0.25, -0.2) is 0 Å². The Morgan fingerprint density at radius 2 is 2.44 bits per heavy atom. The van der Waals surface area contributed by atoms with Gasteiger partial charge in [-0.1, -0.05) is 6.92 Å². The highest BCUT2D eigenvalue weighted by Crippen LogP contribution is 2.20. The van der Waals surface area contributed by atoms with Crippen molar-refractivity contribution < 1.29 is 4.79 Å². The van der Waals surface area contributed by atoms with Crippen molar-refractivity contribution in [2.75, 3.05) is 19.6 Å². The van der Waals surface area contributed by atoms with E-state index in [9.17, 15) is 4.79 Å². The first-order valence-corrected chi connectivity index (χ1v) is 6.64. The molecule has 0 aliphatic carbocycles. The molecule has 0 saturated carbocycles. The van der Waals surface area contributed by atoms with Crippen LogP contribution in [0.2, 0.25) is 0 Å². The SMILES string of the molecule is CCc1ccc(C(=O)N2CCNC[C@@H]2C)s1. The summed E-state index contributed by atoms with van der Waals surface area (Å²) < 4.78 is 0. The Kier molecular flexibility index (Phi) is 3.61. The quantitative estimate of drug-likeness (QED) is 0.851. The number of carbonyl (C=O) groups excluding carboxylic acids is 1. The summed E-state index contributed by atoms with van der Waals surface area (Å²) in [5.41, 5.74) is 0. The first-order valence-electron chi connectivity index (χ1n) is 5.82. The van der Waals surface area contributed by atoms with Crippen LogP contribution in [0.3, 0.4) is 0 Å². The summed E-state index contributed by atoms with van der Waals surface area (Å²) in [7, 11) is 0. The van der Waals surface area contributed by atoms with Crippen LogP contribution in [0.1, 0.15) is 28.4 Å². The lowest BCUT2D eigenvalue weighted by Crippen LogP contribution is -2.52. The summed E-state index contributed by atoms with van der Waals surface area (Å²) >= 11 is 1.63. The number of nitrogens with one attached hydrogen (secondary N) is 1. The molecule has 2 rings (SSSR count). The van der Waals surface area contributed by atoms with E-state index < -0.39 is 0 Å². The predicted molar refractivity (Wildman–Crippen MR) is 67.1 cm³/mol. The zero-order chi connectivity index (χ0) is 11.5. The maximum Gasteiger partial charge on any atom is 0.264 e. The normalized spacial score (nSPS) is 21.1. The number of carbonyl (C=O) groups is 1. The number of nitrogens with zero attached hydrogens (tertiary/aromatic N) is 1. The monoisotopic (exact) mass is 238 g/mol. The number of piperazine rings is 1. The predicted octanol–water partition coefficient (Wildman–Crippen LogP) is 1.74. The summed E-state index contributed by atoms with van der Waals surface area (Å²) in [6.45, 7) is 6.84. The lowest BCUT2D eigenvalue weighted by molar-refractivity contribution is 0.0661. The van der Waals surface area contributed by atoms with Crippen molar-refractivity contribution in [1.82, 2.24) is 10.2 Å². The summed E-state index contributed by atoms with van der Waals surface area (Å²) in [6.07, 6.45) is 1.01. The zero-order valence-electron chi connectivity index (χ0n) is 9.82. The molecule has 1 aliphatic rings. The number of rotatable bonds is 2. The zero-order valence-corrected chi connectivity index (χ0v) is 10.6. The van der Waals surface area contributed by atoms with Crippen LogP contribution in [0.5, 0.6) is 0 Å². The summed E-state index contributed by atoms with van der Waals surface area (Å²) in [6, 6.07) is 4.32. The second kappa shape index (κ2) is 4.97. The van der Waals surface area contributed by atoms with Gasteiger partial charge in [0, 0.05) is 30.6 Å². The minimum absolute atomic E-state index is 0.193. The third-order valence-electron chi connectivity index (χ3n) is 2.98. The van der Waals surface area contributed by atoms with Crippen LogP contribution in [-0.2, 0) is 6.42 Å². The molecule has 88 valence electrons. The molecule has 1 atom stereocenters. The molecular formula is C12H18N2OS. The molecule has 2 heterocycles. The molecule has 1 aromatic rings. The van der Waals surface area contributed by atoms with Crippen molar-refractivity contribution in [3.8, 4) is 0 Å². The van der Waals surface area contributed by atoms with Crippen LogP contribution < -0.4 is 5.32 Å². The molecule has 16 heavy (non-hydrogen) atoms. The highest BCUT2D eigenvalue weighted by atomic mass is 32.1. The van der Waals surface area contributed by atoms with Gasteiger partial charge in [-0.15, -0.1) is 11.3 Å². The number of thiophene rings is 1. The fourth-order valence-corrected chi connectivity index (χ4v) is 2.87. The fourth-order valence-electron chi connectivity index (χ4n) is 1.97. The van der Waals surface area contributed by atoms with E-state index in [1.54, 1.807) is 11.3 Å². The molecule has 0 aromatic carbocycles. The van der Waals surface area contributed by atoms with E-state index in [2.05, 4.69) is 25.2 Å². The molecule has 1 aliphatic heterocycles. The number of aryl methyl sites for hydroxylation is 1. The van der Waals surface area contributed by atoms with Crippen molar-refractivity contribution in [3.05, 3.63) is 21.9 Å². The second-order valence-corrected chi connectivity index (χ2v) is 5.34. The highest BCUT2D eigenvalue weighted by Gasteiger charge is 2.24. The number of hydrogen-bond acceptors (Lipinski definition) is 3. The number of hydrogen-bond donors (Lipinski definition) is 1. The first-order chi connectivity index (χ1) is 7.72. The van der Waals surface area contributed by atoms with Gasteiger partial charge in [0.15, 0.2) is 0 Å². The molecule has 0 radical (unpaired) electrons. The molecule has 0 unspecified atom stereocenters. The molecule has 1 saturated heterocycles. The standard InChI is InChI=1S/C12H18N2OS/c1-3-10-4-5-11(16-10)12(15)14-7-6-13-8-9(14)2/h4-5,9,13H,3,6-8H2,1-2H3/t9-/m0/s1. The molecule has 0 spiro atoms. The summed E-state index contributed by atoms with van der Waals surface area (Å²) in [5.74, 6) is 0.193. The molecular weight excluding hydrogens is 220 g/mol. The minimum atomic E-state index is 0.193. The second-order valence-electron chi connectivity index (χ2n) is 4.17. The Balaban J connectivity index is 2.11. The first kappa shape index (κ1) is 11.6. The molecule has 1 N–H and O–H groups in total. The van der Waals surface area contributed by atoms with Gasteiger partial charge >= 0.3 is 0 Å². The number of amides is 1. The van der Waals surface area contributed by atoms with Crippen LogP contribution in [-0.4, -0.2) is 36.5 Å². The van der Waals surface area contributed by atoms with Gasteiger partial charge in [-0.05, 0) is 25.5 Å². The maximum atomic E-state index is 12.2. The van der Waals surface area contributed by atoms with Crippen LogP contribution in [0.4, 0.5) is 0 Å². The Labute approximate surface area is 100 Å². The van der Waals surface area contributed by atoms with Crippen LogP contribution in [0.25, 0.3) is 0 Å². The largest absolute Gasteiger partial charge is 0.333 e. The minimum Gasteiger partial charge on any atom is -0.333 e. The van der Waals surface area contributed by atoms with Gasteiger partial charge < -0.3 is 10.2 Å². The van der Waals surface area contributed by atoms with Gasteiger partial charge in [0.25, 0.3) is 5.91 Å². The van der Waals surface area contributed by atoms with Crippen molar-refractivity contribution in [3.63, 3.8) is 0 Å². The molecule has 1 fully saturated rings. The van der Waals surface area contributed by atoms with Gasteiger partial charge in [0.1, 0.15) is 0 Å². The van der Waals surface area contributed by atoms with Gasteiger partial charge in [0.05, 0.1) is 4.88 Å². The molecule has 0 bridgehead atoms. The smallest absolute Gasteiger partial charge is 0.264 e. The maximum absolute atomic E-state index is 12.2. The molecule has 4 heteroatoms. The Hall–Kier alpha value is -0.870. The third kappa shape index (κ3) is 2.28. The lowest BCUT2D eigenvalue weighted by Gasteiger charge is -2.33. The fraction of sp³-hybridized carbons (Fsp3) is 0.583. The van der Waals surface area contributed by atoms with Gasteiger partial charge in [0.2, 0.25) is 0 Å². The molecule has 1 amide bonds. The van der Waals surface area contributed by atoms with Crippen molar-refractivity contribution >= 4 is 17.2 Å². The lowest BCUT2D eigenvalue weighted by atomic mass is 10.2. The van der Waals surface area contributed by atoms with Crippen molar-refractivity contribution in [2.24, 2.45) is 0 Å². The average Bonchev–Trinajstić information content (AvgIpc) is 2.77. The Morgan fingerprint density at radius 1 is 1.62 bits per heavy atom. The van der Waals surface area contributed by atoms with Crippen molar-refractivity contribution in [1.29, 1.82) is 0 Å². The van der Waals surface area contributed by atoms with Crippen molar-refractivity contribution in [2.45, 2.75) is 26.3 Å². The van der Waals surface area contributed by atoms with Gasteiger partial charge in [-0.3, -0.25) is 4.79 Å². The molecule has 1 aromatic heterocycles. The van der Waals surface area contributed by atoms with E-state index in [1.807, 2.05) is 11.0 Å². The third-order valence-corrected chi connectivity index (χ3v) is 4.20. The Bertz CT molecular complexity index is 375. The van der Waals surface area contributed by atoms with E-state index in [0.717, 1.165) is 30.9 Å². The van der Waals surface area contributed by atoms with E-state index >= 15 is 0 Å². The average molecular weight is 238 g/mol. The summed E-state index contributed by atoms with van der Waals surface area (Å²) in [5, 5.41) is 3.30. The van der Waals surface area contributed by atoms with Crippen LogP contribution >= 0.6 is 11.3 Å². The van der Waals surface area contributed by atoms with E-state index in [1.165, 1.54) is 4.88 Å². The molecule has 3 nitrogen and oxygen atoms in total. The summed E-state index contributed by atoms with van der Waals surface area (Å²) in [4.78, 5) is 16.4. The van der Waals surface area contributed by atoms with E-state index in [0.29, 0.717) is 6.04 Å². The van der Waals surface area contributed by atoms with Crippen LogP contribution in [0.15, 0.2) is 12.1 Å². The van der Waals surface area contributed by atoms with E-state index in [4.69, 9.17) is 0 Å². The topological polar surface area (TPSA) is 32.3 Å². The van der Waals surface area contributed by atoms with E-state index in [-0.39, 0.29) is 5.91 Å². The van der Waals surface area contributed by atoms with Crippen LogP contribution in [0, 0.1) is 0 Å². The Morgan fingerprint density at radius 3 is 3.06 bits per heavy atom.